The number of nitro groups is 1. The van der Waals surface area contributed by atoms with Crippen LogP contribution in [0.5, 0.6) is 5.75 Å². The molecule has 0 bridgehead atoms. The number of para-hydroxylation sites is 1. The van der Waals surface area contributed by atoms with Crippen LogP contribution in [0.25, 0.3) is 0 Å². The zero-order valence-electron chi connectivity index (χ0n) is 24.1. The van der Waals surface area contributed by atoms with Crippen molar-refractivity contribution in [1.82, 2.24) is 15.3 Å². The van der Waals surface area contributed by atoms with Crippen LogP contribution in [-0.4, -0.2) is 53.6 Å². The summed E-state index contributed by atoms with van der Waals surface area (Å²) in [6.07, 6.45) is 1.03. The maximum Gasteiger partial charge on any atom is 0.407 e. The van der Waals surface area contributed by atoms with E-state index >= 15 is 0 Å². The minimum Gasteiger partial charge on any atom is -0.495 e. The summed E-state index contributed by atoms with van der Waals surface area (Å²) < 4.78 is 23.4. The summed E-state index contributed by atoms with van der Waals surface area (Å²) in [5.74, 6) is 6.17. The van der Waals surface area contributed by atoms with Crippen molar-refractivity contribution < 1.29 is 23.8 Å². The van der Waals surface area contributed by atoms with E-state index in [4.69, 9.17) is 21.1 Å². The molecule has 0 unspecified atom stereocenters. The maximum absolute atomic E-state index is 12.8. The number of methoxy groups -OCH3 is 1. The van der Waals surface area contributed by atoms with Crippen molar-refractivity contribution in [3.05, 3.63) is 63.3 Å². The number of aromatic nitrogens is 2. The van der Waals surface area contributed by atoms with Gasteiger partial charge in [-0.3, -0.25) is 10.1 Å². The van der Waals surface area contributed by atoms with Crippen LogP contribution in [0.4, 0.5) is 33.6 Å². The molecule has 1 aromatic heterocycles. The standard InChI is InChI=1S/C28H32ClN6O6P/c1-28(2,3)41-27(36)30-14-10-9-11-18-15-23(40-4)21(16-22(18)35(37)38)33-26-31-17-19(29)25(34-26)32-20-12-7-8-13-24(20)42(5,6)39/h7-8,12-13,15-17H,10,14H2,1-6H3,(H,30,36)(H2,31,32,33,34). The van der Waals surface area contributed by atoms with Crippen molar-refractivity contribution in [2.24, 2.45) is 0 Å². The normalized spacial score (nSPS) is 11.1. The van der Waals surface area contributed by atoms with E-state index in [1.54, 1.807) is 58.4 Å². The number of halogens is 1. The molecule has 0 saturated carbocycles. The first-order valence-electron chi connectivity index (χ1n) is 12.7. The highest BCUT2D eigenvalue weighted by atomic mass is 35.5. The van der Waals surface area contributed by atoms with Crippen LogP contribution in [0.2, 0.25) is 5.02 Å². The van der Waals surface area contributed by atoms with E-state index in [1.807, 2.05) is 0 Å². The molecule has 0 aliphatic heterocycles. The zero-order chi connectivity index (χ0) is 31.1. The summed E-state index contributed by atoms with van der Waals surface area (Å²) in [4.78, 5) is 31.7. The molecule has 0 atom stereocenters. The van der Waals surface area contributed by atoms with Gasteiger partial charge in [0.2, 0.25) is 5.95 Å². The number of hydrogen-bond donors (Lipinski definition) is 3. The SMILES string of the molecule is COc1cc(C#CCCNC(=O)OC(C)(C)C)c([N+](=O)[O-])cc1Nc1ncc(Cl)c(Nc2ccccc2P(C)(C)=O)n1. The first kappa shape index (κ1) is 32.2. The van der Waals surface area contributed by atoms with E-state index < -0.39 is 23.8 Å². The Morgan fingerprint density at radius 2 is 1.88 bits per heavy atom. The van der Waals surface area contributed by atoms with Crippen LogP contribution in [0.1, 0.15) is 32.8 Å². The molecule has 0 saturated heterocycles. The molecule has 3 N–H and O–H groups in total. The second kappa shape index (κ2) is 13.6. The second-order valence-corrected chi connectivity index (χ2v) is 13.9. The molecule has 0 aliphatic carbocycles. The average molecular weight is 615 g/mol. The molecule has 222 valence electrons. The van der Waals surface area contributed by atoms with Gasteiger partial charge in [-0.15, -0.1) is 0 Å². The molecule has 0 aliphatic rings. The molecule has 12 nitrogen and oxygen atoms in total. The van der Waals surface area contributed by atoms with Gasteiger partial charge >= 0.3 is 6.09 Å². The zero-order valence-corrected chi connectivity index (χ0v) is 25.7. The fraction of sp³-hybridized carbons (Fsp3) is 0.321. The van der Waals surface area contributed by atoms with Crippen LogP contribution in [0.15, 0.2) is 42.6 Å². The highest BCUT2D eigenvalue weighted by molar-refractivity contribution is 7.70. The minimum atomic E-state index is -2.61. The lowest BCUT2D eigenvalue weighted by Crippen LogP contribution is -2.32. The second-order valence-electron chi connectivity index (χ2n) is 10.3. The molecular formula is C28H32ClN6O6P. The summed E-state index contributed by atoms with van der Waals surface area (Å²) in [6.45, 7) is 8.79. The molecule has 3 rings (SSSR count). The number of nitrogens with one attached hydrogen (secondary N) is 3. The van der Waals surface area contributed by atoms with Crippen LogP contribution >= 0.6 is 18.7 Å². The van der Waals surface area contributed by atoms with Gasteiger partial charge < -0.3 is 30.0 Å². The number of carbonyl (C=O) groups is 1. The molecule has 42 heavy (non-hydrogen) atoms. The highest BCUT2D eigenvalue weighted by Crippen LogP contribution is 2.39. The lowest BCUT2D eigenvalue weighted by Gasteiger charge is -2.19. The third kappa shape index (κ3) is 9.09. The van der Waals surface area contributed by atoms with Gasteiger partial charge in [0.15, 0.2) is 5.82 Å². The van der Waals surface area contributed by atoms with Crippen LogP contribution in [0, 0.1) is 22.0 Å². The van der Waals surface area contributed by atoms with E-state index in [-0.39, 0.29) is 52.4 Å². The minimum absolute atomic E-state index is 0.0789. The van der Waals surface area contributed by atoms with Crippen LogP contribution in [0.3, 0.4) is 0 Å². The Kier molecular flexibility index (Phi) is 10.4. The average Bonchev–Trinajstić information content (AvgIpc) is 2.89. The van der Waals surface area contributed by atoms with E-state index in [1.165, 1.54) is 25.4 Å². The Hall–Kier alpha value is -4.33. The van der Waals surface area contributed by atoms with Crippen LogP contribution in [-0.2, 0) is 9.30 Å². The van der Waals surface area contributed by atoms with Gasteiger partial charge in [-0.05, 0) is 46.2 Å². The fourth-order valence-corrected chi connectivity index (χ4v) is 4.89. The van der Waals surface area contributed by atoms with Gasteiger partial charge in [-0.1, -0.05) is 35.6 Å². The number of alkyl carbamates (subject to hydrolysis) is 1. The van der Waals surface area contributed by atoms with E-state index in [0.29, 0.717) is 11.0 Å². The molecule has 3 aromatic rings. The summed E-state index contributed by atoms with van der Waals surface area (Å²) in [6, 6.07) is 9.82. The third-order valence-corrected chi connectivity index (χ3v) is 7.21. The first-order valence-corrected chi connectivity index (χ1v) is 15.7. The number of anilines is 4. The molecule has 0 radical (unpaired) electrons. The van der Waals surface area contributed by atoms with Crippen molar-refractivity contribution in [2.75, 3.05) is 37.6 Å². The van der Waals surface area contributed by atoms with Crippen molar-refractivity contribution in [3.8, 4) is 17.6 Å². The molecule has 0 fully saturated rings. The van der Waals surface area contributed by atoms with Crippen molar-refractivity contribution in [3.63, 3.8) is 0 Å². The number of amides is 1. The fourth-order valence-electron chi connectivity index (χ4n) is 3.60. The number of hydrogen-bond acceptors (Lipinski definition) is 10. The summed E-state index contributed by atoms with van der Waals surface area (Å²) in [5.41, 5.74) is 0.0311. The van der Waals surface area contributed by atoms with Gasteiger partial charge in [-0.2, -0.15) is 4.98 Å². The van der Waals surface area contributed by atoms with Crippen molar-refractivity contribution >= 4 is 59.0 Å². The van der Waals surface area contributed by atoms with E-state index in [0.717, 1.165) is 0 Å². The molecular weight excluding hydrogens is 583 g/mol. The van der Waals surface area contributed by atoms with E-state index in [9.17, 15) is 19.5 Å². The number of nitro benzene ring substituents is 1. The smallest absolute Gasteiger partial charge is 0.407 e. The Labute approximate surface area is 249 Å². The van der Waals surface area contributed by atoms with Gasteiger partial charge in [0.25, 0.3) is 5.69 Å². The predicted molar refractivity (Wildman–Crippen MR) is 165 cm³/mol. The lowest BCUT2D eigenvalue weighted by molar-refractivity contribution is -0.385. The molecule has 2 aromatic carbocycles. The number of rotatable bonds is 9. The third-order valence-electron chi connectivity index (χ3n) is 5.38. The number of carbonyl (C=O) groups excluding carboxylic acids is 1. The lowest BCUT2D eigenvalue weighted by atomic mass is 10.1. The summed E-state index contributed by atoms with van der Waals surface area (Å²) in [5, 5.41) is 21.3. The first-order chi connectivity index (χ1) is 19.7. The topological polar surface area (TPSA) is 158 Å². The molecule has 0 spiro atoms. The Morgan fingerprint density at radius 3 is 2.52 bits per heavy atom. The van der Waals surface area contributed by atoms with Crippen molar-refractivity contribution in [2.45, 2.75) is 32.8 Å². The molecule has 14 heteroatoms. The summed E-state index contributed by atoms with van der Waals surface area (Å²) >= 11 is 6.33. The summed E-state index contributed by atoms with van der Waals surface area (Å²) in [7, 11) is -1.20. The Morgan fingerprint density at radius 1 is 1.17 bits per heavy atom. The number of benzene rings is 2. The predicted octanol–water partition coefficient (Wildman–Crippen LogP) is 6.05. The highest BCUT2D eigenvalue weighted by Gasteiger charge is 2.20. The largest absolute Gasteiger partial charge is 0.495 e. The Balaban J connectivity index is 1.83. The molecule has 1 amide bonds. The van der Waals surface area contributed by atoms with Gasteiger partial charge in [0, 0.05) is 30.4 Å². The number of ether oxygens (including phenoxy) is 2. The Bertz CT molecular complexity index is 1590. The monoisotopic (exact) mass is 614 g/mol. The number of nitrogens with zero attached hydrogens (tertiary/aromatic N) is 3. The maximum atomic E-state index is 12.8. The molecule has 1 heterocycles. The quantitative estimate of drug-likeness (QED) is 0.0852. The van der Waals surface area contributed by atoms with Gasteiger partial charge in [0.1, 0.15) is 29.1 Å². The van der Waals surface area contributed by atoms with Gasteiger partial charge in [0.05, 0.1) is 29.6 Å². The van der Waals surface area contributed by atoms with Crippen LogP contribution < -0.4 is 26.0 Å². The van der Waals surface area contributed by atoms with E-state index in [2.05, 4.69) is 37.8 Å². The van der Waals surface area contributed by atoms with Gasteiger partial charge in [-0.25, -0.2) is 9.78 Å². The van der Waals surface area contributed by atoms with Crippen molar-refractivity contribution in [1.29, 1.82) is 0 Å².